The normalized spacial score (nSPS) is 10.9. The Morgan fingerprint density at radius 3 is 2.96 bits per heavy atom. The second-order valence-electron chi connectivity index (χ2n) is 5.05. The highest BCUT2D eigenvalue weighted by Gasteiger charge is 2.12. The summed E-state index contributed by atoms with van der Waals surface area (Å²) in [5.74, 6) is 1.71. The number of aromatic nitrogens is 2. The first-order valence-electron chi connectivity index (χ1n) is 7.25. The van der Waals surface area contributed by atoms with Crippen LogP contribution in [0.25, 0.3) is 11.5 Å². The number of ether oxygens (including phenoxy) is 1. The highest BCUT2D eigenvalue weighted by molar-refractivity contribution is 5.94. The van der Waals surface area contributed by atoms with Gasteiger partial charge in [-0.25, -0.2) is 5.43 Å². The summed E-state index contributed by atoms with van der Waals surface area (Å²) in [7, 11) is 1.59. The maximum atomic E-state index is 12.0. The number of nitrogens with zero attached hydrogens (tertiary/aromatic N) is 2. The summed E-state index contributed by atoms with van der Waals surface area (Å²) in [6.07, 6.45) is 1.53. The Morgan fingerprint density at radius 2 is 2.21 bits per heavy atom. The van der Waals surface area contributed by atoms with Gasteiger partial charge in [-0.1, -0.05) is 12.1 Å². The lowest BCUT2D eigenvalue weighted by molar-refractivity contribution is 0.0950. The number of rotatable bonds is 5. The molecule has 0 atom stereocenters. The SMILES string of the molecule is COc1cccc(/C=N\NC(=O)c2cc(-c3ccc(C)o3)[nH]n2)c1. The number of carbonyl (C=O) groups is 1. The van der Waals surface area contributed by atoms with Gasteiger partial charge in [0, 0.05) is 6.07 Å². The van der Waals surface area contributed by atoms with Gasteiger partial charge in [0.25, 0.3) is 5.91 Å². The monoisotopic (exact) mass is 324 g/mol. The summed E-state index contributed by atoms with van der Waals surface area (Å²) >= 11 is 0. The second-order valence-corrected chi connectivity index (χ2v) is 5.05. The third kappa shape index (κ3) is 3.52. The summed E-state index contributed by atoms with van der Waals surface area (Å²) in [6, 6.07) is 12.6. The fourth-order valence-corrected chi connectivity index (χ4v) is 2.09. The molecule has 7 nitrogen and oxygen atoms in total. The van der Waals surface area contributed by atoms with E-state index in [9.17, 15) is 4.79 Å². The number of hydrazone groups is 1. The molecular formula is C17H16N4O3. The molecule has 0 aliphatic rings. The minimum atomic E-state index is -0.417. The zero-order valence-corrected chi connectivity index (χ0v) is 13.2. The van der Waals surface area contributed by atoms with Crippen LogP contribution in [-0.4, -0.2) is 29.4 Å². The molecule has 0 fully saturated rings. The second kappa shape index (κ2) is 6.82. The average molecular weight is 324 g/mol. The highest BCUT2D eigenvalue weighted by atomic mass is 16.5. The number of amides is 1. The lowest BCUT2D eigenvalue weighted by Crippen LogP contribution is -2.18. The predicted octanol–water partition coefficient (Wildman–Crippen LogP) is 2.75. The molecule has 0 aliphatic carbocycles. The number of H-pyrrole nitrogens is 1. The van der Waals surface area contributed by atoms with Crippen LogP contribution < -0.4 is 10.2 Å². The van der Waals surface area contributed by atoms with Crippen molar-refractivity contribution in [1.29, 1.82) is 0 Å². The van der Waals surface area contributed by atoms with Crippen molar-refractivity contribution >= 4 is 12.1 Å². The van der Waals surface area contributed by atoms with Crippen molar-refractivity contribution in [2.24, 2.45) is 5.10 Å². The lowest BCUT2D eigenvalue weighted by atomic mass is 10.2. The first-order valence-corrected chi connectivity index (χ1v) is 7.25. The van der Waals surface area contributed by atoms with Crippen molar-refractivity contribution in [3.63, 3.8) is 0 Å². The zero-order valence-electron chi connectivity index (χ0n) is 13.2. The van der Waals surface area contributed by atoms with Gasteiger partial charge in [-0.05, 0) is 36.8 Å². The van der Waals surface area contributed by atoms with E-state index < -0.39 is 5.91 Å². The van der Waals surface area contributed by atoms with E-state index in [1.54, 1.807) is 13.2 Å². The zero-order chi connectivity index (χ0) is 16.9. The number of hydrogen-bond acceptors (Lipinski definition) is 5. The third-order valence-corrected chi connectivity index (χ3v) is 3.29. The van der Waals surface area contributed by atoms with Gasteiger partial charge in [-0.2, -0.15) is 10.2 Å². The smallest absolute Gasteiger partial charge is 0.291 e. The van der Waals surface area contributed by atoms with Gasteiger partial charge in [-0.15, -0.1) is 0 Å². The third-order valence-electron chi connectivity index (χ3n) is 3.29. The molecule has 2 aromatic heterocycles. The summed E-state index contributed by atoms with van der Waals surface area (Å²) < 4.78 is 10.6. The van der Waals surface area contributed by atoms with Crippen molar-refractivity contribution in [3.05, 3.63) is 59.5 Å². The Morgan fingerprint density at radius 1 is 1.33 bits per heavy atom. The summed E-state index contributed by atoms with van der Waals surface area (Å²) in [5, 5.41) is 10.7. The highest BCUT2D eigenvalue weighted by Crippen LogP contribution is 2.20. The van der Waals surface area contributed by atoms with Crippen LogP contribution in [0.5, 0.6) is 5.75 Å². The quantitative estimate of drug-likeness (QED) is 0.557. The van der Waals surface area contributed by atoms with Crippen molar-refractivity contribution < 1.29 is 13.9 Å². The Hall–Kier alpha value is -3.35. The fourth-order valence-electron chi connectivity index (χ4n) is 2.09. The number of hydrogen-bond donors (Lipinski definition) is 2. The Kier molecular flexibility index (Phi) is 4.42. The summed E-state index contributed by atoms with van der Waals surface area (Å²) in [6.45, 7) is 1.85. The van der Waals surface area contributed by atoms with E-state index in [-0.39, 0.29) is 5.69 Å². The molecule has 2 heterocycles. The molecule has 2 N–H and O–H groups in total. The van der Waals surface area contributed by atoms with E-state index >= 15 is 0 Å². The van der Waals surface area contributed by atoms with Crippen molar-refractivity contribution in [1.82, 2.24) is 15.6 Å². The fraction of sp³-hybridized carbons (Fsp3) is 0.118. The first-order chi connectivity index (χ1) is 11.7. The number of aromatic amines is 1. The molecular weight excluding hydrogens is 308 g/mol. The Balaban J connectivity index is 1.65. The van der Waals surface area contributed by atoms with Crippen LogP contribution in [0.3, 0.4) is 0 Å². The number of aryl methyl sites for hydroxylation is 1. The molecule has 1 aromatic carbocycles. The van der Waals surface area contributed by atoms with Gasteiger partial charge in [0.2, 0.25) is 0 Å². The molecule has 0 unspecified atom stereocenters. The number of carbonyl (C=O) groups excluding carboxylic acids is 1. The van der Waals surface area contributed by atoms with Crippen molar-refractivity contribution in [2.45, 2.75) is 6.92 Å². The predicted molar refractivity (Wildman–Crippen MR) is 89.1 cm³/mol. The Bertz CT molecular complexity index is 879. The van der Waals surface area contributed by atoms with Crippen LogP contribution in [0.2, 0.25) is 0 Å². The molecule has 0 saturated carbocycles. The van der Waals surface area contributed by atoms with Gasteiger partial charge in [0.05, 0.1) is 13.3 Å². The Labute approximate surface area is 138 Å². The van der Waals surface area contributed by atoms with Gasteiger partial charge < -0.3 is 9.15 Å². The van der Waals surface area contributed by atoms with E-state index in [0.717, 1.165) is 17.1 Å². The van der Waals surface area contributed by atoms with Crippen LogP contribution >= 0.6 is 0 Å². The molecule has 3 rings (SSSR count). The standard InChI is InChI=1S/C17H16N4O3/c1-11-6-7-16(24-11)14-9-15(20-19-14)17(22)21-18-10-12-4-3-5-13(8-12)23-2/h3-10H,1-2H3,(H,19,20)(H,21,22)/b18-10-. The van der Waals surface area contributed by atoms with Crippen LogP contribution in [-0.2, 0) is 0 Å². The maximum Gasteiger partial charge on any atom is 0.291 e. The first kappa shape index (κ1) is 15.5. The van der Waals surface area contributed by atoms with E-state index in [1.807, 2.05) is 43.3 Å². The molecule has 1 amide bonds. The number of nitrogens with one attached hydrogen (secondary N) is 2. The number of furan rings is 1. The maximum absolute atomic E-state index is 12.0. The van der Waals surface area contributed by atoms with E-state index in [1.165, 1.54) is 6.21 Å². The lowest BCUT2D eigenvalue weighted by Gasteiger charge is -1.99. The minimum Gasteiger partial charge on any atom is -0.497 e. The summed E-state index contributed by atoms with van der Waals surface area (Å²) in [5.41, 5.74) is 4.09. The molecule has 3 aromatic rings. The van der Waals surface area contributed by atoms with Crippen LogP contribution in [0.15, 0.2) is 52.0 Å². The van der Waals surface area contributed by atoms with Crippen LogP contribution in [0, 0.1) is 6.92 Å². The molecule has 24 heavy (non-hydrogen) atoms. The van der Waals surface area contributed by atoms with Gasteiger partial charge in [-0.3, -0.25) is 9.89 Å². The molecule has 0 radical (unpaired) electrons. The largest absolute Gasteiger partial charge is 0.497 e. The van der Waals surface area contributed by atoms with Crippen molar-refractivity contribution in [3.8, 4) is 17.2 Å². The van der Waals surface area contributed by atoms with E-state index in [4.69, 9.17) is 9.15 Å². The topological polar surface area (TPSA) is 92.5 Å². The van der Waals surface area contributed by atoms with Gasteiger partial charge in [0.1, 0.15) is 17.2 Å². The molecule has 7 heteroatoms. The molecule has 122 valence electrons. The van der Waals surface area contributed by atoms with Crippen LogP contribution in [0.4, 0.5) is 0 Å². The average Bonchev–Trinajstić information content (AvgIpc) is 3.24. The van der Waals surface area contributed by atoms with E-state index in [2.05, 4.69) is 20.7 Å². The molecule has 0 bridgehead atoms. The number of methoxy groups -OCH3 is 1. The van der Waals surface area contributed by atoms with Gasteiger partial charge in [0.15, 0.2) is 11.5 Å². The minimum absolute atomic E-state index is 0.224. The van der Waals surface area contributed by atoms with Crippen molar-refractivity contribution in [2.75, 3.05) is 7.11 Å². The molecule has 0 aliphatic heterocycles. The van der Waals surface area contributed by atoms with E-state index in [0.29, 0.717) is 11.5 Å². The molecule has 0 spiro atoms. The number of benzene rings is 1. The van der Waals surface area contributed by atoms with Crippen LogP contribution in [0.1, 0.15) is 21.8 Å². The molecule has 0 saturated heterocycles. The van der Waals surface area contributed by atoms with Gasteiger partial charge >= 0.3 is 0 Å². The summed E-state index contributed by atoms with van der Waals surface area (Å²) in [4.78, 5) is 12.0.